The number of rotatable bonds is 46. The molecule has 2 atom stereocenters. The first-order chi connectivity index (χ1) is 28.5. The van der Waals surface area contributed by atoms with E-state index in [4.69, 9.17) is 18.5 Å². The third-order valence-corrected chi connectivity index (χ3v) is 12.0. The molecule has 0 aliphatic heterocycles. The maximum atomic E-state index is 12.7. The minimum absolute atomic E-state index is 0.0349. The number of unbranched alkanes of at least 4 members (excludes halogenated alkanes) is 30. The fraction of sp³-hybridized carbons (Fsp3) is 0.918. The molecule has 0 amide bonds. The van der Waals surface area contributed by atoms with Crippen LogP contribution in [0.4, 0.5) is 0 Å². The zero-order valence-corrected chi connectivity index (χ0v) is 40.4. The van der Waals surface area contributed by atoms with Gasteiger partial charge in [-0.25, -0.2) is 4.57 Å². The maximum absolute atomic E-state index is 12.7. The Hall–Kier alpha value is -1.25. The fourth-order valence-electron chi connectivity index (χ4n) is 7.11. The predicted molar refractivity (Wildman–Crippen MR) is 248 cm³/mol. The van der Waals surface area contributed by atoms with Gasteiger partial charge in [0, 0.05) is 12.8 Å². The molecule has 0 aliphatic rings. The highest BCUT2D eigenvalue weighted by Crippen LogP contribution is 2.43. The first-order valence-electron chi connectivity index (χ1n) is 24.9. The number of nitrogens with zero attached hydrogens (tertiary/aromatic N) is 1. The van der Waals surface area contributed by atoms with E-state index in [2.05, 4.69) is 26.0 Å². The van der Waals surface area contributed by atoms with Crippen molar-refractivity contribution < 1.29 is 42.1 Å². The Morgan fingerprint density at radius 1 is 0.508 bits per heavy atom. The molecule has 1 N–H and O–H groups in total. The maximum Gasteiger partial charge on any atom is 0.472 e. The Kier molecular flexibility index (Phi) is 41.2. The second-order valence-corrected chi connectivity index (χ2v) is 19.7. The van der Waals surface area contributed by atoms with Gasteiger partial charge < -0.3 is 18.9 Å². The molecule has 10 heteroatoms. The third-order valence-electron chi connectivity index (χ3n) is 11.0. The molecule has 0 aromatic carbocycles. The smallest absolute Gasteiger partial charge is 0.462 e. The fourth-order valence-corrected chi connectivity index (χ4v) is 7.86. The molecule has 0 aromatic heterocycles. The summed E-state index contributed by atoms with van der Waals surface area (Å²) in [5.74, 6) is -0.787. The van der Waals surface area contributed by atoms with Gasteiger partial charge >= 0.3 is 19.8 Å². The lowest BCUT2D eigenvalue weighted by Gasteiger charge is -2.24. The lowest BCUT2D eigenvalue weighted by atomic mass is 10.0. The summed E-state index contributed by atoms with van der Waals surface area (Å²) in [6.07, 6.45) is 45.4. The minimum Gasteiger partial charge on any atom is -0.462 e. The Morgan fingerprint density at radius 2 is 0.881 bits per heavy atom. The van der Waals surface area contributed by atoms with E-state index in [1.54, 1.807) is 0 Å². The monoisotopic (exact) mass is 859 g/mol. The largest absolute Gasteiger partial charge is 0.472 e. The van der Waals surface area contributed by atoms with Crippen molar-refractivity contribution in [3.8, 4) is 0 Å². The number of ether oxygens (including phenoxy) is 2. The number of quaternary nitrogens is 1. The zero-order valence-electron chi connectivity index (χ0n) is 39.5. The molecule has 59 heavy (non-hydrogen) atoms. The molecule has 0 spiro atoms. The molecule has 0 saturated heterocycles. The van der Waals surface area contributed by atoms with E-state index in [-0.39, 0.29) is 25.6 Å². The normalized spacial score (nSPS) is 13.5. The van der Waals surface area contributed by atoms with Crippen LogP contribution in [-0.2, 0) is 32.7 Å². The lowest BCUT2D eigenvalue weighted by Crippen LogP contribution is -2.37. The number of esters is 2. The number of likely N-dealkylation sites (N-methyl/N-ethyl adjacent to an activating group) is 1. The third kappa shape index (κ3) is 46.1. The standard InChI is InChI=1S/C49H96NO8P/c1-6-8-10-12-14-16-18-20-22-23-24-25-26-28-30-32-34-36-38-40-42-49(52)58-47(46-57-59(53,54)56-44-43-50(3,4)5)45-55-48(51)41-39-37-35-33-31-29-27-21-19-17-15-13-11-9-7-2/h13,15,47H,6-12,14,16-46H2,1-5H3/p+1/b15-13+/t47-/m1/s1. The summed E-state index contributed by atoms with van der Waals surface area (Å²) in [5, 5.41) is 0. The topological polar surface area (TPSA) is 108 Å². The summed E-state index contributed by atoms with van der Waals surface area (Å²) in [5.41, 5.74) is 0. The Bertz CT molecular complexity index is 1020. The van der Waals surface area contributed by atoms with Crippen LogP contribution in [0.5, 0.6) is 0 Å². The molecular formula is C49H97NO8P+. The summed E-state index contributed by atoms with van der Waals surface area (Å²) in [6.45, 7) is 4.44. The quantitative estimate of drug-likeness (QED) is 0.0212. The molecule has 0 saturated carbocycles. The van der Waals surface area contributed by atoms with Gasteiger partial charge in [0.15, 0.2) is 6.10 Å². The number of carbonyl (C=O) groups is 2. The van der Waals surface area contributed by atoms with Crippen LogP contribution in [0.15, 0.2) is 12.2 Å². The molecule has 350 valence electrons. The molecule has 0 rings (SSSR count). The van der Waals surface area contributed by atoms with Gasteiger partial charge in [-0.2, -0.15) is 0 Å². The molecule has 0 radical (unpaired) electrons. The second kappa shape index (κ2) is 42.1. The van der Waals surface area contributed by atoms with Crippen molar-refractivity contribution in [2.45, 2.75) is 245 Å². The van der Waals surface area contributed by atoms with E-state index < -0.39 is 26.5 Å². The first-order valence-corrected chi connectivity index (χ1v) is 26.4. The lowest BCUT2D eigenvalue weighted by molar-refractivity contribution is -0.870. The van der Waals surface area contributed by atoms with E-state index in [9.17, 15) is 19.0 Å². The van der Waals surface area contributed by atoms with Gasteiger partial charge in [0.1, 0.15) is 19.8 Å². The van der Waals surface area contributed by atoms with Crippen LogP contribution >= 0.6 is 7.82 Å². The van der Waals surface area contributed by atoms with Crippen LogP contribution in [0.2, 0.25) is 0 Å². The number of phosphoric ester groups is 1. The number of hydrogen-bond donors (Lipinski definition) is 1. The van der Waals surface area contributed by atoms with Crippen LogP contribution in [0.1, 0.15) is 239 Å². The van der Waals surface area contributed by atoms with Crippen molar-refractivity contribution in [2.75, 3.05) is 47.5 Å². The summed E-state index contributed by atoms with van der Waals surface area (Å²) >= 11 is 0. The van der Waals surface area contributed by atoms with Gasteiger partial charge in [-0.05, 0) is 32.1 Å². The predicted octanol–water partition coefficient (Wildman–Crippen LogP) is 14.5. The van der Waals surface area contributed by atoms with Gasteiger partial charge in [0.2, 0.25) is 0 Å². The van der Waals surface area contributed by atoms with Gasteiger partial charge in [-0.3, -0.25) is 18.6 Å². The summed E-state index contributed by atoms with van der Waals surface area (Å²) in [7, 11) is 1.49. The van der Waals surface area contributed by atoms with Gasteiger partial charge in [-0.1, -0.05) is 206 Å². The highest BCUT2D eigenvalue weighted by atomic mass is 31.2. The van der Waals surface area contributed by atoms with Crippen LogP contribution < -0.4 is 0 Å². The van der Waals surface area contributed by atoms with Crippen LogP contribution in [0.3, 0.4) is 0 Å². The van der Waals surface area contributed by atoms with Crippen LogP contribution in [-0.4, -0.2) is 74.9 Å². The molecule has 0 aliphatic carbocycles. The number of carbonyl (C=O) groups excluding carboxylic acids is 2. The average molecular weight is 859 g/mol. The van der Waals surface area contributed by atoms with E-state index in [1.807, 2.05) is 21.1 Å². The second-order valence-electron chi connectivity index (χ2n) is 18.2. The Balaban J connectivity index is 4.22. The molecule has 9 nitrogen and oxygen atoms in total. The van der Waals surface area contributed by atoms with Crippen LogP contribution in [0.25, 0.3) is 0 Å². The molecule has 1 unspecified atom stereocenters. The summed E-state index contributed by atoms with van der Waals surface area (Å²) in [6, 6.07) is 0. The highest BCUT2D eigenvalue weighted by Gasteiger charge is 2.27. The van der Waals surface area contributed by atoms with Gasteiger partial charge in [0.05, 0.1) is 27.7 Å². The van der Waals surface area contributed by atoms with Crippen molar-refractivity contribution in [1.82, 2.24) is 0 Å². The zero-order chi connectivity index (χ0) is 43.6. The van der Waals surface area contributed by atoms with Crippen molar-refractivity contribution in [3.05, 3.63) is 12.2 Å². The van der Waals surface area contributed by atoms with E-state index >= 15 is 0 Å². The number of allylic oxidation sites excluding steroid dienone is 2. The molecule has 0 bridgehead atoms. The van der Waals surface area contributed by atoms with E-state index in [0.29, 0.717) is 23.9 Å². The minimum atomic E-state index is -4.37. The number of phosphoric acid groups is 1. The molecule has 0 heterocycles. The van der Waals surface area contributed by atoms with Gasteiger partial charge in [0.25, 0.3) is 0 Å². The summed E-state index contributed by atoms with van der Waals surface area (Å²) < 4.78 is 34.4. The molecular weight excluding hydrogens is 762 g/mol. The first kappa shape index (κ1) is 57.8. The summed E-state index contributed by atoms with van der Waals surface area (Å²) in [4.78, 5) is 35.5. The van der Waals surface area contributed by atoms with Crippen molar-refractivity contribution in [3.63, 3.8) is 0 Å². The van der Waals surface area contributed by atoms with Gasteiger partial charge in [-0.15, -0.1) is 0 Å². The van der Waals surface area contributed by atoms with Crippen molar-refractivity contribution in [1.29, 1.82) is 0 Å². The van der Waals surface area contributed by atoms with Crippen molar-refractivity contribution in [2.24, 2.45) is 0 Å². The Morgan fingerprint density at radius 3 is 1.31 bits per heavy atom. The van der Waals surface area contributed by atoms with Crippen molar-refractivity contribution >= 4 is 19.8 Å². The Labute approximate surface area is 365 Å². The SMILES string of the molecule is CCCC/C=C/CCCCCCCCCCCC(=O)OC[C@H](COP(=O)(O)OCC[N+](C)(C)C)OC(=O)CCCCCCCCCCCCCCCCCCCCCC. The number of hydrogen-bond acceptors (Lipinski definition) is 7. The van der Waals surface area contributed by atoms with E-state index in [0.717, 1.165) is 32.1 Å². The van der Waals surface area contributed by atoms with Crippen LogP contribution in [0, 0.1) is 0 Å². The average Bonchev–Trinajstić information content (AvgIpc) is 3.19. The highest BCUT2D eigenvalue weighted by molar-refractivity contribution is 7.47. The molecule has 0 fully saturated rings. The van der Waals surface area contributed by atoms with E-state index in [1.165, 1.54) is 173 Å². The molecule has 0 aromatic rings.